The van der Waals surface area contributed by atoms with Crippen LogP contribution in [-0.4, -0.2) is 28.2 Å². The van der Waals surface area contributed by atoms with Crippen LogP contribution in [0.3, 0.4) is 0 Å². The second-order valence-corrected chi connectivity index (χ2v) is 6.49. The molecule has 11 heteroatoms. The van der Waals surface area contributed by atoms with Gasteiger partial charge in [0.1, 0.15) is 5.01 Å². The molecule has 7 nitrogen and oxygen atoms in total. The average molecular weight is 419 g/mol. The molecule has 0 fully saturated rings. The van der Waals surface area contributed by atoms with E-state index in [9.17, 15) is 22.8 Å². The molecule has 2 N–H and O–H groups in total. The van der Waals surface area contributed by atoms with Crippen LogP contribution in [0.25, 0.3) is 10.6 Å². The van der Waals surface area contributed by atoms with Gasteiger partial charge >= 0.3 is 18.0 Å². The minimum absolute atomic E-state index is 0.0930. The molecule has 2 amide bonds. The van der Waals surface area contributed by atoms with Crippen molar-refractivity contribution in [2.75, 3.05) is 5.32 Å². The van der Waals surface area contributed by atoms with Crippen LogP contribution in [0.1, 0.15) is 11.1 Å². The Balaban J connectivity index is 1.60. The van der Waals surface area contributed by atoms with Gasteiger partial charge in [-0.25, -0.2) is 5.43 Å². The lowest BCUT2D eigenvalue weighted by Crippen LogP contribution is -2.32. The summed E-state index contributed by atoms with van der Waals surface area (Å²) in [7, 11) is 0. The third kappa shape index (κ3) is 5.23. The molecule has 1 heterocycles. The van der Waals surface area contributed by atoms with Gasteiger partial charge in [0.2, 0.25) is 5.13 Å². The fraction of sp³-hybridized carbons (Fsp3) is 0.0556. The zero-order chi connectivity index (χ0) is 20.9. The number of benzene rings is 2. The highest BCUT2D eigenvalue weighted by molar-refractivity contribution is 7.18. The number of aromatic nitrogens is 2. The van der Waals surface area contributed by atoms with E-state index >= 15 is 0 Å². The van der Waals surface area contributed by atoms with Gasteiger partial charge in [-0.3, -0.25) is 14.9 Å². The van der Waals surface area contributed by atoms with Gasteiger partial charge in [-0.1, -0.05) is 59.9 Å². The fourth-order valence-corrected chi connectivity index (χ4v) is 2.95. The zero-order valence-electron chi connectivity index (χ0n) is 14.5. The van der Waals surface area contributed by atoms with Crippen molar-refractivity contribution in [3.05, 3.63) is 65.7 Å². The molecule has 0 unspecified atom stereocenters. The average Bonchev–Trinajstić information content (AvgIpc) is 3.16. The first kappa shape index (κ1) is 20.1. The van der Waals surface area contributed by atoms with Gasteiger partial charge in [0.05, 0.1) is 11.8 Å². The third-order valence-corrected chi connectivity index (χ3v) is 4.40. The number of hydrogen-bond donors (Lipinski definition) is 2. The Kier molecular flexibility index (Phi) is 5.98. The molecule has 0 radical (unpaired) electrons. The van der Waals surface area contributed by atoms with E-state index in [0.29, 0.717) is 5.01 Å². The number of nitrogens with one attached hydrogen (secondary N) is 2. The van der Waals surface area contributed by atoms with E-state index in [1.807, 2.05) is 35.8 Å². The lowest BCUT2D eigenvalue weighted by Gasteiger charge is -2.09. The maximum absolute atomic E-state index is 12.9. The maximum Gasteiger partial charge on any atom is 0.417 e. The van der Waals surface area contributed by atoms with E-state index in [1.165, 1.54) is 18.2 Å². The first-order valence-electron chi connectivity index (χ1n) is 8.04. The lowest BCUT2D eigenvalue weighted by atomic mass is 10.1. The Hall–Kier alpha value is -3.60. The Labute approximate surface area is 166 Å². The molecule has 0 saturated carbocycles. The number of carbonyl (C=O) groups excluding carboxylic acids is 2. The number of alkyl halides is 3. The summed E-state index contributed by atoms with van der Waals surface area (Å²) in [6.45, 7) is 0. The van der Waals surface area contributed by atoms with Gasteiger partial charge in [-0.05, 0) is 6.07 Å². The summed E-state index contributed by atoms with van der Waals surface area (Å²) in [6, 6.07) is 13.8. The van der Waals surface area contributed by atoms with Crippen molar-refractivity contribution in [1.29, 1.82) is 0 Å². The molecule has 0 saturated heterocycles. The van der Waals surface area contributed by atoms with Crippen molar-refractivity contribution in [3.63, 3.8) is 0 Å². The SMILES string of the molecule is O=C(NN=Cc1ccccc1C(F)(F)F)C(=O)Nc1nnc(-c2ccccc2)s1. The number of anilines is 1. The summed E-state index contributed by atoms with van der Waals surface area (Å²) in [5.41, 5.74) is 1.51. The number of hydrazone groups is 1. The van der Waals surface area contributed by atoms with Gasteiger partial charge < -0.3 is 0 Å². The Morgan fingerprint density at radius 2 is 1.66 bits per heavy atom. The number of hydrogen-bond acceptors (Lipinski definition) is 6. The number of rotatable bonds is 4. The Bertz CT molecular complexity index is 1050. The summed E-state index contributed by atoms with van der Waals surface area (Å²) in [4.78, 5) is 23.7. The molecule has 3 rings (SSSR count). The fourth-order valence-electron chi connectivity index (χ4n) is 2.20. The quantitative estimate of drug-likeness (QED) is 0.385. The minimum atomic E-state index is -4.57. The zero-order valence-corrected chi connectivity index (χ0v) is 15.3. The van der Waals surface area contributed by atoms with Gasteiger partial charge in [0.15, 0.2) is 0 Å². The van der Waals surface area contributed by atoms with Crippen LogP contribution in [0.15, 0.2) is 59.7 Å². The summed E-state index contributed by atoms with van der Waals surface area (Å²) in [5.74, 6) is -2.25. The van der Waals surface area contributed by atoms with Crippen LogP contribution in [0.2, 0.25) is 0 Å². The molecule has 0 spiro atoms. The highest BCUT2D eigenvalue weighted by atomic mass is 32.1. The second-order valence-electron chi connectivity index (χ2n) is 5.52. The van der Waals surface area contributed by atoms with Gasteiger partial charge in [-0.2, -0.15) is 18.3 Å². The topological polar surface area (TPSA) is 96.3 Å². The third-order valence-electron chi connectivity index (χ3n) is 3.51. The molecule has 3 aromatic rings. The predicted molar refractivity (Wildman–Crippen MR) is 101 cm³/mol. The molecular weight excluding hydrogens is 407 g/mol. The van der Waals surface area contributed by atoms with Crippen molar-refractivity contribution in [3.8, 4) is 10.6 Å². The van der Waals surface area contributed by atoms with Crippen LogP contribution < -0.4 is 10.7 Å². The smallest absolute Gasteiger partial charge is 0.292 e. The summed E-state index contributed by atoms with van der Waals surface area (Å²) >= 11 is 1.06. The van der Waals surface area contributed by atoms with Crippen molar-refractivity contribution in [2.24, 2.45) is 5.10 Å². The van der Waals surface area contributed by atoms with E-state index in [4.69, 9.17) is 0 Å². The largest absolute Gasteiger partial charge is 0.417 e. The van der Waals surface area contributed by atoms with E-state index < -0.39 is 23.6 Å². The first-order valence-corrected chi connectivity index (χ1v) is 8.86. The lowest BCUT2D eigenvalue weighted by molar-refractivity contribution is -0.137. The molecule has 0 aliphatic carbocycles. The summed E-state index contributed by atoms with van der Waals surface area (Å²) < 4.78 is 38.7. The van der Waals surface area contributed by atoms with Crippen LogP contribution in [-0.2, 0) is 15.8 Å². The van der Waals surface area contributed by atoms with Gasteiger partial charge in [0, 0.05) is 11.1 Å². The van der Waals surface area contributed by atoms with Gasteiger partial charge in [0.25, 0.3) is 0 Å². The van der Waals surface area contributed by atoms with Crippen LogP contribution >= 0.6 is 11.3 Å². The summed E-state index contributed by atoms with van der Waals surface area (Å²) in [5, 5.41) is 14.0. The van der Waals surface area contributed by atoms with Crippen molar-refractivity contribution in [2.45, 2.75) is 6.18 Å². The van der Waals surface area contributed by atoms with E-state index in [2.05, 4.69) is 20.6 Å². The standard InChI is InChI=1S/C18H12F3N5O2S/c19-18(20,21)13-9-5-4-8-12(13)10-22-24-15(28)14(27)23-17-26-25-16(29-17)11-6-2-1-3-7-11/h1-10H,(H,24,28)(H,23,26,27). The van der Waals surface area contributed by atoms with Crippen LogP contribution in [0.5, 0.6) is 0 Å². The molecule has 148 valence electrons. The van der Waals surface area contributed by atoms with Crippen LogP contribution in [0.4, 0.5) is 18.3 Å². The second kappa shape index (κ2) is 8.61. The monoisotopic (exact) mass is 419 g/mol. The number of amides is 2. The molecular formula is C18H12F3N5O2S. The number of nitrogens with zero attached hydrogens (tertiary/aromatic N) is 3. The minimum Gasteiger partial charge on any atom is -0.292 e. The molecule has 0 aliphatic rings. The highest BCUT2D eigenvalue weighted by Crippen LogP contribution is 2.31. The first-order chi connectivity index (χ1) is 13.8. The molecule has 1 aromatic heterocycles. The molecule has 0 bridgehead atoms. The Morgan fingerprint density at radius 1 is 0.966 bits per heavy atom. The molecule has 0 aliphatic heterocycles. The predicted octanol–water partition coefficient (Wildman–Crippen LogP) is 3.31. The normalized spacial score (nSPS) is 11.4. The Morgan fingerprint density at radius 3 is 2.38 bits per heavy atom. The van der Waals surface area contributed by atoms with E-state index in [-0.39, 0.29) is 10.7 Å². The van der Waals surface area contributed by atoms with E-state index in [1.54, 1.807) is 0 Å². The molecule has 0 atom stereocenters. The van der Waals surface area contributed by atoms with Crippen LogP contribution in [0, 0.1) is 0 Å². The number of halogens is 3. The van der Waals surface area contributed by atoms with Crippen molar-refractivity contribution >= 4 is 34.5 Å². The molecule has 2 aromatic carbocycles. The van der Waals surface area contributed by atoms with E-state index in [0.717, 1.165) is 29.2 Å². The maximum atomic E-state index is 12.9. The number of carbonyl (C=O) groups is 2. The van der Waals surface area contributed by atoms with Crippen molar-refractivity contribution in [1.82, 2.24) is 15.6 Å². The van der Waals surface area contributed by atoms with Crippen molar-refractivity contribution < 1.29 is 22.8 Å². The molecule has 29 heavy (non-hydrogen) atoms. The van der Waals surface area contributed by atoms with Gasteiger partial charge in [-0.15, -0.1) is 10.2 Å². The summed E-state index contributed by atoms with van der Waals surface area (Å²) in [6.07, 6.45) is -3.76. The highest BCUT2D eigenvalue weighted by Gasteiger charge is 2.32.